The van der Waals surface area contributed by atoms with Gasteiger partial charge < -0.3 is 14.9 Å². The highest BCUT2D eigenvalue weighted by atomic mass is 35.5. The maximum atomic E-state index is 13.8. The van der Waals surface area contributed by atoms with Gasteiger partial charge >= 0.3 is 0 Å². The van der Waals surface area contributed by atoms with Crippen molar-refractivity contribution in [2.75, 3.05) is 7.11 Å². The Labute approximate surface area is 97.4 Å². The van der Waals surface area contributed by atoms with Crippen LogP contribution in [-0.2, 0) is 6.42 Å². The molecule has 16 heavy (non-hydrogen) atoms. The van der Waals surface area contributed by atoms with E-state index in [4.69, 9.17) is 16.3 Å². The van der Waals surface area contributed by atoms with Crippen molar-refractivity contribution < 1.29 is 19.3 Å². The van der Waals surface area contributed by atoms with Crippen molar-refractivity contribution in [3.8, 4) is 11.5 Å². The smallest absolute Gasteiger partial charge is 0.166 e. The molecule has 0 unspecified atom stereocenters. The zero-order valence-electron chi connectivity index (χ0n) is 8.76. The Morgan fingerprint density at radius 2 is 2.19 bits per heavy atom. The summed E-state index contributed by atoms with van der Waals surface area (Å²) >= 11 is 5.63. The van der Waals surface area contributed by atoms with E-state index in [0.29, 0.717) is 12.8 Å². The number of aliphatic hydroxyl groups is 1. The second-order valence-corrected chi connectivity index (χ2v) is 4.51. The molecule has 5 heteroatoms. The summed E-state index contributed by atoms with van der Waals surface area (Å²) in [4.78, 5) is 0. The third-order valence-corrected chi connectivity index (χ3v) is 3.06. The molecule has 0 amide bonds. The van der Waals surface area contributed by atoms with E-state index in [2.05, 4.69) is 0 Å². The van der Waals surface area contributed by atoms with Gasteiger partial charge in [0.25, 0.3) is 0 Å². The number of benzene rings is 1. The molecule has 2 rings (SSSR count). The Hall–Kier alpha value is -1.00. The third-order valence-electron chi connectivity index (χ3n) is 2.78. The number of halogens is 2. The molecule has 0 aromatic heterocycles. The maximum absolute atomic E-state index is 13.8. The number of methoxy groups -OCH3 is 1. The van der Waals surface area contributed by atoms with Crippen molar-refractivity contribution >= 4 is 11.6 Å². The highest BCUT2D eigenvalue weighted by Gasteiger charge is 2.42. The fourth-order valence-electron chi connectivity index (χ4n) is 1.68. The lowest BCUT2D eigenvalue weighted by Gasteiger charge is -2.15. The SMILES string of the molecule is COc1c(O)cc(Cl)c(F)c1CC1(O)CC1. The van der Waals surface area contributed by atoms with Gasteiger partial charge in [0, 0.05) is 18.1 Å². The number of hydrogen-bond acceptors (Lipinski definition) is 3. The number of hydrogen-bond donors (Lipinski definition) is 2. The standard InChI is InChI=1S/C11H12ClFO3/c1-16-10-6(5-11(15)2-3-11)9(13)7(12)4-8(10)14/h4,14-15H,2-3,5H2,1H3. The van der Waals surface area contributed by atoms with Gasteiger partial charge in [-0.2, -0.15) is 0 Å². The quantitative estimate of drug-likeness (QED) is 0.860. The van der Waals surface area contributed by atoms with Crippen LogP contribution in [-0.4, -0.2) is 22.9 Å². The van der Waals surface area contributed by atoms with Crippen molar-refractivity contribution in [1.29, 1.82) is 0 Å². The molecule has 3 nitrogen and oxygen atoms in total. The highest BCUT2D eigenvalue weighted by Crippen LogP contribution is 2.44. The predicted molar refractivity (Wildman–Crippen MR) is 57.5 cm³/mol. The molecule has 1 saturated carbocycles. The van der Waals surface area contributed by atoms with Crippen molar-refractivity contribution in [3.63, 3.8) is 0 Å². The maximum Gasteiger partial charge on any atom is 0.166 e. The minimum Gasteiger partial charge on any atom is -0.504 e. The van der Waals surface area contributed by atoms with E-state index in [1.165, 1.54) is 7.11 Å². The largest absolute Gasteiger partial charge is 0.504 e. The average molecular weight is 247 g/mol. The van der Waals surface area contributed by atoms with E-state index < -0.39 is 11.4 Å². The van der Waals surface area contributed by atoms with Crippen LogP contribution in [0.2, 0.25) is 5.02 Å². The van der Waals surface area contributed by atoms with Crippen LogP contribution in [0.4, 0.5) is 4.39 Å². The Kier molecular flexibility index (Phi) is 2.72. The van der Waals surface area contributed by atoms with Gasteiger partial charge in [0.15, 0.2) is 11.5 Å². The van der Waals surface area contributed by atoms with Crippen LogP contribution in [0.15, 0.2) is 6.07 Å². The van der Waals surface area contributed by atoms with Crippen LogP contribution in [0, 0.1) is 5.82 Å². The van der Waals surface area contributed by atoms with Crippen LogP contribution in [0.5, 0.6) is 11.5 Å². The molecule has 1 aromatic carbocycles. The lowest BCUT2D eigenvalue weighted by molar-refractivity contribution is 0.148. The van der Waals surface area contributed by atoms with Crippen LogP contribution in [0.1, 0.15) is 18.4 Å². The molecule has 1 aliphatic rings. The summed E-state index contributed by atoms with van der Waals surface area (Å²) in [6.45, 7) is 0. The summed E-state index contributed by atoms with van der Waals surface area (Å²) in [5.41, 5.74) is -0.738. The number of phenols is 1. The van der Waals surface area contributed by atoms with E-state index in [0.717, 1.165) is 6.07 Å². The molecule has 1 fully saturated rings. The number of aromatic hydroxyl groups is 1. The van der Waals surface area contributed by atoms with Crippen molar-refractivity contribution in [2.45, 2.75) is 24.9 Å². The summed E-state index contributed by atoms with van der Waals surface area (Å²) in [6, 6.07) is 1.09. The van der Waals surface area contributed by atoms with E-state index in [1.807, 2.05) is 0 Å². The minimum absolute atomic E-state index is 0.0437. The zero-order valence-corrected chi connectivity index (χ0v) is 9.51. The molecule has 0 saturated heterocycles. The van der Waals surface area contributed by atoms with Crippen LogP contribution in [0.25, 0.3) is 0 Å². The van der Waals surface area contributed by atoms with Gasteiger partial charge in [-0.15, -0.1) is 0 Å². The molecular formula is C11H12ClFO3. The third kappa shape index (κ3) is 1.95. The van der Waals surface area contributed by atoms with Gasteiger partial charge in [0.1, 0.15) is 5.82 Å². The topological polar surface area (TPSA) is 49.7 Å². The van der Waals surface area contributed by atoms with Crippen LogP contribution >= 0.6 is 11.6 Å². The highest BCUT2D eigenvalue weighted by molar-refractivity contribution is 6.31. The zero-order chi connectivity index (χ0) is 11.9. The van der Waals surface area contributed by atoms with Crippen molar-refractivity contribution in [2.24, 2.45) is 0 Å². The van der Waals surface area contributed by atoms with Gasteiger partial charge in [-0.1, -0.05) is 11.6 Å². The van der Waals surface area contributed by atoms with Gasteiger partial charge in [0.05, 0.1) is 17.7 Å². The van der Waals surface area contributed by atoms with E-state index >= 15 is 0 Å². The lowest BCUT2D eigenvalue weighted by atomic mass is 10.0. The first kappa shape index (κ1) is 11.5. The second kappa shape index (κ2) is 3.79. The lowest BCUT2D eigenvalue weighted by Crippen LogP contribution is -2.13. The normalized spacial score (nSPS) is 17.2. The van der Waals surface area contributed by atoms with Gasteiger partial charge in [-0.3, -0.25) is 0 Å². The molecule has 0 heterocycles. The minimum atomic E-state index is -0.870. The van der Waals surface area contributed by atoms with E-state index in [-0.39, 0.29) is 28.5 Å². The first-order valence-electron chi connectivity index (χ1n) is 4.93. The Bertz CT molecular complexity index is 430. The first-order valence-corrected chi connectivity index (χ1v) is 5.31. The van der Waals surface area contributed by atoms with Gasteiger partial charge in [0.2, 0.25) is 0 Å². The van der Waals surface area contributed by atoms with Gasteiger partial charge in [-0.05, 0) is 12.8 Å². The number of rotatable bonds is 3. The Balaban J connectivity index is 2.47. The number of ether oxygens (including phenoxy) is 1. The average Bonchev–Trinajstić information content (AvgIpc) is 2.93. The van der Waals surface area contributed by atoms with Crippen LogP contribution in [0.3, 0.4) is 0 Å². The van der Waals surface area contributed by atoms with E-state index in [1.54, 1.807) is 0 Å². The second-order valence-electron chi connectivity index (χ2n) is 4.10. The number of phenolic OH excluding ortho intramolecular Hbond substituents is 1. The molecule has 0 aliphatic heterocycles. The molecule has 0 atom stereocenters. The Morgan fingerprint density at radius 3 is 2.69 bits per heavy atom. The summed E-state index contributed by atoms with van der Waals surface area (Å²) in [5.74, 6) is -0.813. The van der Waals surface area contributed by atoms with Crippen LogP contribution < -0.4 is 4.74 Å². The summed E-state index contributed by atoms with van der Waals surface area (Å²) in [5, 5.41) is 19.1. The molecule has 88 valence electrons. The van der Waals surface area contributed by atoms with Crippen molar-refractivity contribution in [1.82, 2.24) is 0 Å². The molecular weight excluding hydrogens is 235 g/mol. The first-order chi connectivity index (χ1) is 7.47. The molecule has 0 radical (unpaired) electrons. The molecule has 1 aromatic rings. The summed E-state index contributed by atoms with van der Waals surface area (Å²) in [7, 11) is 1.34. The molecule has 2 N–H and O–H groups in total. The Morgan fingerprint density at radius 1 is 1.56 bits per heavy atom. The fraction of sp³-hybridized carbons (Fsp3) is 0.455. The van der Waals surface area contributed by atoms with E-state index in [9.17, 15) is 14.6 Å². The molecule has 0 spiro atoms. The molecule has 1 aliphatic carbocycles. The monoisotopic (exact) mass is 246 g/mol. The fourth-order valence-corrected chi connectivity index (χ4v) is 1.90. The van der Waals surface area contributed by atoms with Crippen molar-refractivity contribution in [3.05, 3.63) is 22.5 Å². The van der Waals surface area contributed by atoms with Gasteiger partial charge in [-0.25, -0.2) is 4.39 Å². The predicted octanol–water partition coefficient (Wildman–Crippen LogP) is 2.26. The summed E-state index contributed by atoms with van der Waals surface area (Å²) < 4.78 is 18.7. The summed E-state index contributed by atoms with van der Waals surface area (Å²) in [6.07, 6.45) is 1.36. The molecule has 0 bridgehead atoms.